The number of aliphatic hydroxyl groups is 1. The zero-order valence-electron chi connectivity index (χ0n) is 20.8. The summed E-state index contributed by atoms with van der Waals surface area (Å²) in [5.74, 6) is 3.98. The summed E-state index contributed by atoms with van der Waals surface area (Å²) < 4.78 is 0. The van der Waals surface area contributed by atoms with Gasteiger partial charge in [-0.2, -0.15) is 0 Å². The first-order valence-electron chi connectivity index (χ1n) is 13.0. The summed E-state index contributed by atoms with van der Waals surface area (Å²) in [6.07, 6.45) is 15.3. The second-order valence-electron chi connectivity index (χ2n) is 13.3. The Kier molecular flexibility index (Phi) is 5.87. The molecule has 3 saturated carbocycles. The molecule has 0 radical (unpaired) electrons. The van der Waals surface area contributed by atoms with Gasteiger partial charge in [0.1, 0.15) is 0 Å². The van der Waals surface area contributed by atoms with Crippen LogP contribution in [0.3, 0.4) is 0 Å². The average molecular weight is 413 g/mol. The standard InChI is InChI=1S/C29H48O/c1-19(8-9-20(2)27(3,4)5)24-12-13-25-23-11-10-21-18-22(30)14-16-28(21,6)26(23)15-17-29(24,25)7/h11,19,21-22,24-26,30H,2,8-10,12-18H2,1,3-7H3/t19-,21?,22+,24-,25+,26+,28+,29-/m1/s1. The fraction of sp³-hybridized carbons (Fsp3) is 0.862. The molecule has 1 heteroatoms. The molecule has 3 fully saturated rings. The molecule has 30 heavy (non-hydrogen) atoms. The quantitative estimate of drug-likeness (QED) is 0.464. The zero-order valence-corrected chi connectivity index (χ0v) is 20.8. The highest BCUT2D eigenvalue weighted by Crippen LogP contribution is 2.67. The van der Waals surface area contributed by atoms with Gasteiger partial charge in [-0.15, -0.1) is 0 Å². The van der Waals surface area contributed by atoms with E-state index in [0.717, 1.165) is 36.5 Å². The molecule has 0 aromatic carbocycles. The van der Waals surface area contributed by atoms with Gasteiger partial charge in [-0.25, -0.2) is 0 Å². The molecule has 0 amide bonds. The van der Waals surface area contributed by atoms with Crippen LogP contribution in [0.4, 0.5) is 0 Å². The Morgan fingerprint density at radius 3 is 2.47 bits per heavy atom. The third-order valence-corrected chi connectivity index (χ3v) is 10.8. The molecule has 170 valence electrons. The molecule has 0 saturated heterocycles. The van der Waals surface area contributed by atoms with E-state index in [1.54, 1.807) is 0 Å². The van der Waals surface area contributed by atoms with E-state index in [1.807, 2.05) is 5.57 Å². The molecule has 4 rings (SSSR count). The van der Waals surface area contributed by atoms with Crippen LogP contribution in [-0.4, -0.2) is 11.2 Å². The SMILES string of the molecule is C=C(CC[C@@H](C)[C@H]1CC[C@H]2C3=CCC4C[C@@H](O)CC[C@]4(C)[C@H]3CC[C@]12C)C(C)(C)C. The molecule has 0 aliphatic heterocycles. The largest absolute Gasteiger partial charge is 0.393 e. The molecule has 0 heterocycles. The molecule has 0 aromatic heterocycles. The fourth-order valence-electron chi connectivity index (χ4n) is 8.44. The van der Waals surface area contributed by atoms with Crippen LogP contribution in [0.5, 0.6) is 0 Å². The van der Waals surface area contributed by atoms with Crippen molar-refractivity contribution in [3.8, 4) is 0 Å². The summed E-state index contributed by atoms with van der Waals surface area (Å²) in [4.78, 5) is 0. The number of hydrogen-bond donors (Lipinski definition) is 1. The van der Waals surface area contributed by atoms with Crippen LogP contribution >= 0.6 is 0 Å². The maximum atomic E-state index is 10.3. The first-order chi connectivity index (χ1) is 14.0. The Morgan fingerprint density at radius 1 is 1.10 bits per heavy atom. The highest BCUT2D eigenvalue weighted by atomic mass is 16.3. The predicted octanol–water partition coefficient (Wildman–Crippen LogP) is 7.94. The van der Waals surface area contributed by atoms with Gasteiger partial charge in [-0.1, -0.05) is 65.3 Å². The van der Waals surface area contributed by atoms with Crippen LogP contribution in [0.25, 0.3) is 0 Å². The van der Waals surface area contributed by atoms with Crippen molar-refractivity contribution in [2.75, 3.05) is 0 Å². The van der Waals surface area contributed by atoms with Crippen LogP contribution in [-0.2, 0) is 0 Å². The van der Waals surface area contributed by atoms with Crippen molar-refractivity contribution in [1.29, 1.82) is 0 Å². The second kappa shape index (κ2) is 7.79. The van der Waals surface area contributed by atoms with Gasteiger partial charge in [0.25, 0.3) is 0 Å². The number of allylic oxidation sites excluding steroid dienone is 3. The van der Waals surface area contributed by atoms with Crippen molar-refractivity contribution in [1.82, 2.24) is 0 Å². The van der Waals surface area contributed by atoms with E-state index < -0.39 is 0 Å². The zero-order chi connectivity index (χ0) is 21.9. The second-order valence-corrected chi connectivity index (χ2v) is 13.3. The summed E-state index contributed by atoms with van der Waals surface area (Å²) >= 11 is 0. The number of rotatable bonds is 4. The Morgan fingerprint density at radius 2 is 1.77 bits per heavy atom. The number of fused-ring (bicyclic) bond motifs is 5. The average Bonchev–Trinajstić information content (AvgIpc) is 3.03. The normalized spacial score (nSPS) is 44.5. The van der Waals surface area contributed by atoms with Crippen molar-refractivity contribution in [3.63, 3.8) is 0 Å². The summed E-state index contributed by atoms with van der Waals surface area (Å²) in [5, 5.41) is 10.3. The van der Waals surface area contributed by atoms with Gasteiger partial charge in [0, 0.05) is 0 Å². The molecule has 8 atom stereocenters. The van der Waals surface area contributed by atoms with E-state index in [9.17, 15) is 5.11 Å². The molecule has 1 nitrogen and oxygen atoms in total. The van der Waals surface area contributed by atoms with E-state index in [1.165, 1.54) is 56.9 Å². The maximum absolute atomic E-state index is 10.3. The lowest BCUT2D eigenvalue weighted by Gasteiger charge is -2.57. The van der Waals surface area contributed by atoms with E-state index >= 15 is 0 Å². The van der Waals surface area contributed by atoms with Crippen molar-refractivity contribution >= 4 is 0 Å². The summed E-state index contributed by atoms with van der Waals surface area (Å²) in [6, 6.07) is 0. The summed E-state index contributed by atoms with van der Waals surface area (Å²) in [5.41, 5.74) is 4.46. The van der Waals surface area contributed by atoms with Crippen LogP contribution in [0.15, 0.2) is 23.8 Å². The van der Waals surface area contributed by atoms with Gasteiger partial charge < -0.3 is 5.11 Å². The van der Waals surface area contributed by atoms with Crippen LogP contribution in [0.2, 0.25) is 0 Å². The third kappa shape index (κ3) is 3.66. The highest BCUT2D eigenvalue weighted by Gasteiger charge is 2.58. The van der Waals surface area contributed by atoms with E-state index in [4.69, 9.17) is 0 Å². The number of aliphatic hydroxyl groups excluding tert-OH is 1. The Hall–Kier alpha value is -0.560. The van der Waals surface area contributed by atoms with Gasteiger partial charge in [0.05, 0.1) is 6.10 Å². The van der Waals surface area contributed by atoms with E-state index in [-0.39, 0.29) is 11.5 Å². The molecular weight excluding hydrogens is 364 g/mol. The molecule has 0 bridgehead atoms. The fourth-order valence-corrected chi connectivity index (χ4v) is 8.44. The lowest BCUT2D eigenvalue weighted by molar-refractivity contribution is -0.0427. The summed E-state index contributed by atoms with van der Waals surface area (Å²) in [7, 11) is 0. The lowest BCUT2D eigenvalue weighted by atomic mass is 9.47. The van der Waals surface area contributed by atoms with E-state index in [2.05, 4.69) is 54.2 Å². The minimum Gasteiger partial charge on any atom is -0.393 e. The van der Waals surface area contributed by atoms with Crippen LogP contribution in [0.1, 0.15) is 106 Å². The molecule has 0 spiro atoms. The van der Waals surface area contributed by atoms with Crippen molar-refractivity contribution in [2.45, 2.75) is 112 Å². The molecule has 1 N–H and O–H groups in total. The Bertz CT molecular complexity index is 696. The maximum Gasteiger partial charge on any atom is 0.0543 e. The lowest BCUT2D eigenvalue weighted by Crippen LogP contribution is -2.49. The predicted molar refractivity (Wildman–Crippen MR) is 128 cm³/mol. The van der Waals surface area contributed by atoms with Crippen LogP contribution < -0.4 is 0 Å². The highest BCUT2D eigenvalue weighted by molar-refractivity contribution is 5.27. The first-order valence-corrected chi connectivity index (χ1v) is 13.0. The van der Waals surface area contributed by atoms with Gasteiger partial charge in [0.2, 0.25) is 0 Å². The van der Waals surface area contributed by atoms with Gasteiger partial charge in [0.15, 0.2) is 0 Å². The van der Waals surface area contributed by atoms with Gasteiger partial charge in [-0.05, 0) is 110 Å². The van der Waals surface area contributed by atoms with E-state index in [0.29, 0.717) is 16.7 Å². The molecule has 4 aliphatic rings. The van der Waals surface area contributed by atoms with Crippen molar-refractivity contribution in [3.05, 3.63) is 23.8 Å². The third-order valence-electron chi connectivity index (χ3n) is 10.8. The van der Waals surface area contributed by atoms with Crippen LogP contribution in [0, 0.1) is 45.8 Å². The molecular formula is C29H48O. The number of hydrogen-bond acceptors (Lipinski definition) is 1. The topological polar surface area (TPSA) is 20.2 Å². The first kappa shape index (κ1) is 22.6. The molecule has 4 aliphatic carbocycles. The minimum atomic E-state index is -0.0496. The smallest absolute Gasteiger partial charge is 0.0543 e. The monoisotopic (exact) mass is 412 g/mol. The Balaban J connectivity index is 1.49. The molecule has 0 aromatic rings. The minimum absolute atomic E-state index is 0.0496. The Labute approximate surface area is 186 Å². The summed E-state index contributed by atoms with van der Waals surface area (Å²) in [6.45, 7) is 19.1. The van der Waals surface area contributed by atoms with Crippen molar-refractivity contribution in [2.24, 2.45) is 45.8 Å². The van der Waals surface area contributed by atoms with Gasteiger partial charge >= 0.3 is 0 Å². The van der Waals surface area contributed by atoms with Crippen molar-refractivity contribution < 1.29 is 5.11 Å². The van der Waals surface area contributed by atoms with Gasteiger partial charge in [-0.3, -0.25) is 0 Å². The molecule has 1 unspecified atom stereocenters.